The molecular formula is C10H11BrClFO3S. The average molecular weight is 346 g/mol. The summed E-state index contributed by atoms with van der Waals surface area (Å²) in [6, 6.07) is 2.76. The minimum atomic E-state index is -3.46. The predicted octanol–water partition coefficient (Wildman–Crippen LogP) is 2.71. The Balaban J connectivity index is 3.23. The molecule has 0 bridgehead atoms. The van der Waals surface area contributed by atoms with Gasteiger partial charge in [0.25, 0.3) is 0 Å². The fourth-order valence-corrected chi connectivity index (χ4v) is 2.35. The fraction of sp³-hybridized carbons (Fsp3) is 0.400. The third-order valence-corrected chi connectivity index (χ3v) is 5.37. The third-order valence-electron chi connectivity index (χ3n) is 2.50. The van der Waals surface area contributed by atoms with Crippen LogP contribution in [0.2, 0.25) is 5.02 Å². The molecule has 1 aromatic carbocycles. The Hall–Kier alpha value is -0.170. The van der Waals surface area contributed by atoms with E-state index in [0.29, 0.717) is 4.47 Å². The van der Waals surface area contributed by atoms with Crippen molar-refractivity contribution in [1.82, 2.24) is 0 Å². The van der Waals surface area contributed by atoms with Crippen molar-refractivity contribution in [1.29, 1.82) is 0 Å². The summed E-state index contributed by atoms with van der Waals surface area (Å²) in [4.78, 5) is 0. The first-order valence-electron chi connectivity index (χ1n) is 4.66. The second kappa shape index (κ2) is 5.22. The molecule has 2 unspecified atom stereocenters. The Morgan fingerprint density at radius 3 is 2.47 bits per heavy atom. The zero-order chi connectivity index (χ0) is 13.4. The van der Waals surface area contributed by atoms with Crippen molar-refractivity contribution in [3.63, 3.8) is 0 Å². The van der Waals surface area contributed by atoms with Gasteiger partial charge in [0, 0.05) is 16.3 Å². The zero-order valence-electron chi connectivity index (χ0n) is 9.12. The van der Waals surface area contributed by atoms with Gasteiger partial charge in [0.15, 0.2) is 9.84 Å². The Kier molecular flexibility index (Phi) is 4.57. The van der Waals surface area contributed by atoms with Crippen LogP contribution in [-0.2, 0) is 9.84 Å². The van der Waals surface area contributed by atoms with Gasteiger partial charge in [-0.25, -0.2) is 12.8 Å². The van der Waals surface area contributed by atoms with E-state index < -0.39 is 27.0 Å². The summed E-state index contributed by atoms with van der Waals surface area (Å²) >= 11 is 8.70. The van der Waals surface area contributed by atoms with E-state index in [-0.39, 0.29) is 10.6 Å². The summed E-state index contributed by atoms with van der Waals surface area (Å²) < 4.78 is 36.7. The van der Waals surface area contributed by atoms with Crippen LogP contribution in [0.5, 0.6) is 0 Å². The number of rotatable bonds is 3. The summed E-state index contributed by atoms with van der Waals surface area (Å²) in [5, 5.41) is 8.55. The van der Waals surface area contributed by atoms with Gasteiger partial charge in [-0.3, -0.25) is 0 Å². The van der Waals surface area contributed by atoms with Gasteiger partial charge in [-0.1, -0.05) is 17.7 Å². The van der Waals surface area contributed by atoms with E-state index in [2.05, 4.69) is 15.9 Å². The molecule has 0 aromatic heterocycles. The maximum Gasteiger partial charge on any atom is 0.152 e. The normalized spacial score (nSPS) is 15.6. The Morgan fingerprint density at radius 1 is 1.47 bits per heavy atom. The first-order valence-corrected chi connectivity index (χ1v) is 7.79. The molecule has 0 aliphatic carbocycles. The average Bonchev–Trinajstić information content (AvgIpc) is 2.23. The predicted molar refractivity (Wildman–Crippen MR) is 68.4 cm³/mol. The van der Waals surface area contributed by atoms with Crippen molar-refractivity contribution < 1.29 is 17.9 Å². The smallest absolute Gasteiger partial charge is 0.152 e. The van der Waals surface area contributed by atoms with E-state index in [1.54, 1.807) is 0 Å². The molecule has 0 amide bonds. The van der Waals surface area contributed by atoms with E-state index >= 15 is 0 Å². The lowest BCUT2D eigenvalue weighted by Gasteiger charge is -2.18. The molecule has 0 radical (unpaired) electrons. The zero-order valence-corrected chi connectivity index (χ0v) is 12.3. The van der Waals surface area contributed by atoms with E-state index in [1.165, 1.54) is 19.1 Å². The van der Waals surface area contributed by atoms with Crippen LogP contribution >= 0.6 is 27.5 Å². The number of hydrogen-bond acceptors (Lipinski definition) is 3. The Labute approximate surface area is 113 Å². The van der Waals surface area contributed by atoms with Crippen molar-refractivity contribution in [2.24, 2.45) is 0 Å². The maximum atomic E-state index is 13.7. The topological polar surface area (TPSA) is 54.4 Å². The van der Waals surface area contributed by atoms with E-state index in [9.17, 15) is 17.9 Å². The van der Waals surface area contributed by atoms with E-state index in [0.717, 1.165) is 6.26 Å². The van der Waals surface area contributed by atoms with Gasteiger partial charge < -0.3 is 5.11 Å². The van der Waals surface area contributed by atoms with Gasteiger partial charge in [0.05, 0.1) is 16.4 Å². The van der Waals surface area contributed by atoms with Crippen LogP contribution < -0.4 is 0 Å². The first-order chi connectivity index (χ1) is 7.66. The van der Waals surface area contributed by atoms with Gasteiger partial charge in [0.2, 0.25) is 0 Å². The van der Waals surface area contributed by atoms with Gasteiger partial charge in [0.1, 0.15) is 5.82 Å². The maximum absolute atomic E-state index is 13.7. The Morgan fingerprint density at radius 2 is 2.00 bits per heavy atom. The number of sulfone groups is 1. The number of benzene rings is 1. The molecule has 1 aromatic rings. The van der Waals surface area contributed by atoms with Crippen molar-refractivity contribution in [2.75, 3.05) is 6.26 Å². The van der Waals surface area contributed by atoms with Crippen LogP contribution in [0.1, 0.15) is 18.6 Å². The van der Waals surface area contributed by atoms with Crippen molar-refractivity contribution in [3.05, 3.63) is 33.0 Å². The number of aliphatic hydroxyl groups is 1. The van der Waals surface area contributed by atoms with Crippen molar-refractivity contribution >= 4 is 37.4 Å². The monoisotopic (exact) mass is 344 g/mol. The van der Waals surface area contributed by atoms with Crippen LogP contribution in [0.15, 0.2) is 16.6 Å². The number of halogens is 3. The summed E-state index contributed by atoms with van der Waals surface area (Å²) in [5.41, 5.74) is -0.129. The minimum Gasteiger partial charge on any atom is -0.387 e. The SMILES string of the molecule is CC(C(O)c1ccc(Br)c(Cl)c1F)S(C)(=O)=O. The van der Waals surface area contributed by atoms with Gasteiger partial charge in [-0.2, -0.15) is 0 Å². The van der Waals surface area contributed by atoms with E-state index in [1.807, 2.05) is 0 Å². The van der Waals surface area contributed by atoms with Crippen LogP contribution in [0.4, 0.5) is 4.39 Å². The minimum absolute atomic E-state index is 0.129. The second-order valence-corrected chi connectivity index (χ2v) is 7.38. The van der Waals surface area contributed by atoms with Gasteiger partial charge >= 0.3 is 0 Å². The molecule has 1 N–H and O–H groups in total. The molecular weight excluding hydrogens is 335 g/mol. The molecule has 0 heterocycles. The van der Waals surface area contributed by atoms with Crippen LogP contribution in [0, 0.1) is 5.82 Å². The quantitative estimate of drug-likeness (QED) is 0.857. The van der Waals surface area contributed by atoms with Crippen LogP contribution in [0.25, 0.3) is 0 Å². The molecule has 0 spiro atoms. The number of hydrogen-bond donors (Lipinski definition) is 1. The molecule has 7 heteroatoms. The summed E-state index contributed by atoms with van der Waals surface area (Å²) in [7, 11) is -3.46. The van der Waals surface area contributed by atoms with E-state index in [4.69, 9.17) is 11.6 Å². The lowest BCUT2D eigenvalue weighted by Crippen LogP contribution is -2.25. The summed E-state index contributed by atoms with van der Waals surface area (Å²) in [6.45, 7) is 1.31. The lowest BCUT2D eigenvalue weighted by atomic mass is 10.1. The highest BCUT2D eigenvalue weighted by atomic mass is 79.9. The van der Waals surface area contributed by atoms with Crippen molar-refractivity contribution in [3.8, 4) is 0 Å². The van der Waals surface area contributed by atoms with Crippen LogP contribution in [-0.4, -0.2) is 25.0 Å². The molecule has 0 fully saturated rings. The summed E-state index contributed by atoms with van der Waals surface area (Å²) in [6.07, 6.45) is -0.463. The highest BCUT2D eigenvalue weighted by Crippen LogP contribution is 2.32. The van der Waals surface area contributed by atoms with Gasteiger partial charge in [-0.15, -0.1) is 0 Å². The fourth-order valence-electron chi connectivity index (χ4n) is 1.26. The molecule has 2 atom stereocenters. The molecule has 1 rings (SSSR count). The highest BCUT2D eigenvalue weighted by molar-refractivity contribution is 9.10. The van der Waals surface area contributed by atoms with Crippen molar-refractivity contribution in [2.45, 2.75) is 18.3 Å². The molecule has 0 aliphatic heterocycles. The molecule has 0 saturated carbocycles. The third kappa shape index (κ3) is 3.19. The summed E-state index contributed by atoms with van der Waals surface area (Å²) in [5.74, 6) is -0.816. The molecule has 0 saturated heterocycles. The van der Waals surface area contributed by atoms with Crippen LogP contribution in [0.3, 0.4) is 0 Å². The molecule has 17 heavy (non-hydrogen) atoms. The molecule has 3 nitrogen and oxygen atoms in total. The number of aliphatic hydroxyl groups excluding tert-OH is 1. The highest BCUT2D eigenvalue weighted by Gasteiger charge is 2.28. The largest absolute Gasteiger partial charge is 0.387 e. The van der Waals surface area contributed by atoms with Gasteiger partial charge in [-0.05, 0) is 28.9 Å². The first kappa shape index (κ1) is 14.9. The molecule has 96 valence electrons. The standard InChI is InChI=1S/C10H11BrClFO3S/c1-5(17(2,15)16)10(14)6-3-4-7(11)8(12)9(6)13/h3-5,10,14H,1-2H3. The lowest BCUT2D eigenvalue weighted by molar-refractivity contribution is 0.171. The Bertz CT molecular complexity index is 533. The molecule has 0 aliphatic rings. The second-order valence-electron chi connectivity index (χ2n) is 3.74.